The predicted octanol–water partition coefficient (Wildman–Crippen LogP) is 5.49. The number of hydrogen-bond acceptors (Lipinski definition) is 4. The number of anilines is 1. The third-order valence-corrected chi connectivity index (χ3v) is 5.30. The summed E-state index contributed by atoms with van der Waals surface area (Å²) in [6.07, 6.45) is -1.35. The molecule has 2 N–H and O–H groups in total. The second-order valence-corrected chi connectivity index (χ2v) is 7.73. The van der Waals surface area contributed by atoms with Crippen molar-refractivity contribution in [3.05, 3.63) is 54.1 Å². The Morgan fingerprint density at radius 2 is 1.78 bits per heavy atom. The molecule has 0 radical (unpaired) electrons. The molecule has 0 heterocycles. The van der Waals surface area contributed by atoms with Gasteiger partial charge in [-0.3, -0.25) is 0 Å². The van der Waals surface area contributed by atoms with Crippen LogP contribution < -0.4 is 20.1 Å². The number of carbonyl (C=O) groups is 1. The van der Waals surface area contributed by atoms with Crippen molar-refractivity contribution in [2.75, 3.05) is 19.0 Å². The summed E-state index contributed by atoms with van der Waals surface area (Å²) in [5, 5.41) is 5.43. The molecule has 2 aromatic carbocycles. The third-order valence-electron chi connectivity index (χ3n) is 5.30. The molecule has 0 aliphatic heterocycles. The largest absolute Gasteiger partial charge is 0.573 e. The van der Waals surface area contributed by atoms with E-state index in [0.717, 1.165) is 43.4 Å². The van der Waals surface area contributed by atoms with Crippen molar-refractivity contribution in [1.82, 2.24) is 5.32 Å². The van der Waals surface area contributed by atoms with E-state index < -0.39 is 18.1 Å². The Bertz CT molecular complexity index is 869. The first kappa shape index (κ1) is 23.7. The van der Waals surface area contributed by atoms with Gasteiger partial charge in [-0.05, 0) is 49.3 Å². The molecule has 32 heavy (non-hydrogen) atoms. The van der Waals surface area contributed by atoms with Crippen molar-refractivity contribution in [3.63, 3.8) is 0 Å². The van der Waals surface area contributed by atoms with E-state index in [0.29, 0.717) is 19.1 Å². The normalized spacial score (nSPS) is 18.6. The number of ether oxygens (including phenoxy) is 3. The van der Waals surface area contributed by atoms with Crippen LogP contribution in [0.15, 0.2) is 48.5 Å². The van der Waals surface area contributed by atoms with E-state index in [1.807, 2.05) is 30.3 Å². The van der Waals surface area contributed by atoms with E-state index in [4.69, 9.17) is 9.47 Å². The summed E-state index contributed by atoms with van der Waals surface area (Å²) in [6, 6.07) is 13.0. The summed E-state index contributed by atoms with van der Waals surface area (Å²) < 4.78 is 52.2. The van der Waals surface area contributed by atoms with Gasteiger partial charge in [-0.25, -0.2) is 4.79 Å². The number of amides is 2. The highest BCUT2D eigenvalue weighted by Crippen LogP contribution is 2.32. The van der Waals surface area contributed by atoms with Crippen LogP contribution in [0.2, 0.25) is 0 Å². The Morgan fingerprint density at radius 1 is 1.06 bits per heavy atom. The van der Waals surface area contributed by atoms with Crippen molar-refractivity contribution < 1.29 is 32.2 Å². The molecule has 0 spiro atoms. The third kappa shape index (κ3) is 7.64. The summed E-state index contributed by atoms with van der Waals surface area (Å²) in [7, 11) is 1.36. The Balaban J connectivity index is 1.43. The molecule has 1 aliphatic carbocycles. The van der Waals surface area contributed by atoms with Gasteiger partial charge in [0.25, 0.3) is 0 Å². The summed E-state index contributed by atoms with van der Waals surface area (Å²) >= 11 is 0. The van der Waals surface area contributed by atoms with Gasteiger partial charge in [-0.2, -0.15) is 0 Å². The van der Waals surface area contributed by atoms with Gasteiger partial charge in [0.2, 0.25) is 0 Å². The topological polar surface area (TPSA) is 68.8 Å². The van der Waals surface area contributed by atoms with Crippen LogP contribution in [-0.2, 0) is 11.3 Å². The molecule has 0 aromatic heterocycles. The number of halogens is 3. The number of methoxy groups -OCH3 is 1. The maximum Gasteiger partial charge on any atom is 0.573 e. The quantitative estimate of drug-likeness (QED) is 0.556. The maximum atomic E-state index is 12.5. The van der Waals surface area contributed by atoms with Gasteiger partial charge in [-0.15, -0.1) is 13.2 Å². The van der Waals surface area contributed by atoms with Crippen LogP contribution in [0.3, 0.4) is 0 Å². The van der Waals surface area contributed by atoms with Crippen molar-refractivity contribution in [1.29, 1.82) is 0 Å². The van der Waals surface area contributed by atoms with Crippen molar-refractivity contribution >= 4 is 11.7 Å². The Morgan fingerprint density at radius 3 is 2.44 bits per heavy atom. The van der Waals surface area contributed by atoms with Crippen LogP contribution in [-0.4, -0.2) is 32.2 Å². The molecule has 1 saturated carbocycles. The molecular weight excluding hydrogens is 425 g/mol. The minimum atomic E-state index is -4.82. The maximum absolute atomic E-state index is 12.5. The van der Waals surface area contributed by atoms with Gasteiger partial charge < -0.3 is 24.8 Å². The van der Waals surface area contributed by atoms with Crippen molar-refractivity contribution in [3.8, 4) is 11.5 Å². The average Bonchev–Trinajstić information content (AvgIpc) is 2.75. The molecular formula is C23H27F3N2O4. The predicted molar refractivity (Wildman–Crippen MR) is 114 cm³/mol. The van der Waals surface area contributed by atoms with Gasteiger partial charge >= 0.3 is 12.4 Å². The average molecular weight is 452 g/mol. The lowest BCUT2D eigenvalue weighted by Crippen LogP contribution is -2.40. The van der Waals surface area contributed by atoms with Crippen LogP contribution >= 0.6 is 0 Å². The SMILES string of the molecule is COc1ccc(OC(F)(F)F)cc1NC(=O)NC1CCC(COCc2ccccc2)CC1. The van der Waals surface area contributed by atoms with Crippen LogP contribution in [0, 0.1) is 5.92 Å². The lowest BCUT2D eigenvalue weighted by atomic mass is 9.86. The second kappa shape index (κ2) is 11.1. The first-order chi connectivity index (χ1) is 15.3. The Hall–Kier alpha value is -2.94. The first-order valence-electron chi connectivity index (χ1n) is 10.5. The molecule has 174 valence electrons. The first-order valence-corrected chi connectivity index (χ1v) is 10.5. The molecule has 0 saturated heterocycles. The van der Waals surface area contributed by atoms with E-state index >= 15 is 0 Å². The van der Waals surface area contributed by atoms with Gasteiger partial charge in [0.15, 0.2) is 0 Å². The number of alkyl halides is 3. The molecule has 1 aliphatic rings. The van der Waals surface area contributed by atoms with Crippen LogP contribution in [0.4, 0.5) is 23.7 Å². The fraction of sp³-hybridized carbons (Fsp3) is 0.435. The lowest BCUT2D eigenvalue weighted by molar-refractivity contribution is -0.274. The lowest BCUT2D eigenvalue weighted by Gasteiger charge is -2.29. The minimum absolute atomic E-state index is 0.0130. The summed E-state index contributed by atoms with van der Waals surface area (Å²) in [6.45, 7) is 1.26. The molecule has 6 nitrogen and oxygen atoms in total. The summed E-state index contributed by atoms with van der Waals surface area (Å²) in [5.74, 6) is 0.231. The van der Waals surface area contributed by atoms with E-state index in [-0.39, 0.29) is 17.5 Å². The molecule has 0 unspecified atom stereocenters. The van der Waals surface area contributed by atoms with E-state index in [1.54, 1.807) is 0 Å². The van der Waals surface area contributed by atoms with Gasteiger partial charge in [0.05, 0.1) is 19.4 Å². The molecule has 0 bridgehead atoms. The molecule has 3 rings (SSSR count). The van der Waals surface area contributed by atoms with E-state index in [9.17, 15) is 18.0 Å². The number of rotatable bonds is 8. The standard InChI is InChI=1S/C23H27F3N2O4/c1-30-21-12-11-19(32-23(24,25)26)13-20(21)28-22(29)27-18-9-7-17(8-10-18)15-31-14-16-5-3-2-4-6-16/h2-6,11-13,17-18H,7-10,14-15H2,1H3,(H2,27,28,29). The highest BCUT2D eigenvalue weighted by molar-refractivity contribution is 5.91. The van der Waals surface area contributed by atoms with Gasteiger partial charge in [0.1, 0.15) is 11.5 Å². The smallest absolute Gasteiger partial charge is 0.495 e. The van der Waals surface area contributed by atoms with Crippen LogP contribution in [0.1, 0.15) is 31.2 Å². The van der Waals surface area contributed by atoms with Crippen LogP contribution in [0.5, 0.6) is 11.5 Å². The monoisotopic (exact) mass is 452 g/mol. The zero-order chi connectivity index (χ0) is 23.0. The van der Waals surface area contributed by atoms with Gasteiger partial charge in [-0.1, -0.05) is 30.3 Å². The van der Waals surface area contributed by atoms with Gasteiger partial charge in [0, 0.05) is 18.7 Å². The Kier molecular flexibility index (Phi) is 8.21. The summed E-state index contributed by atoms with van der Waals surface area (Å²) in [4.78, 5) is 12.4. The Labute approximate surface area is 185 Å². The number of urea groups is 1. The van der Waals surface area contributed by atoms with Crippen molar-refractivity contribution in [2.24, 2.45) is 5.92 Å². The van der Waals surface area contributed by atoms with E-state index in [2.05, 4.69) is 15.4 Å². The molecule has 0 atom stereocenters. The summed E-state index contributed by atoms with van der Waals surface area (Å²) in [5.41, 5.74) is 1.23. The zero-order valence-corrected chi connectivity index (χ0v) is 17.8. The number of hydrogen-bond donors (Lipinski definition) is 2. The van der Waals surface area contributed by atoms with E-state index in [1.165, 1.54) is 13.2 Å². The fourth-order valence-electron chi connectivity index (χ4n) is 3.72. The molecule has 1 fully saturated rings. The van der Waals surface area contributed by atoms with Crippen molar-refractivity contribution in [2.45, 2.75) is 44.7 Å². The fourth-order valence-corrected chi connectivity index (χ4v) is 3.72. The number of nitrogens with one attached hydrogen (secondary N) is 2. The zero-order valence-electron chi connectivity index (χ0n) is 17.8. The highest BCUT2D eigenvalue weighted by Gasteiger charge is 2.31. The second-order valence-electron chi connectivity index (χ2n) is 7.73. The molecule has 9 heteroatoms. The molecule has 2 aromatic rings. The minimum Gasteiger partial charge on any atom is -0.495 e. The van der Waals surface area contributed by atoms with Crippen LogP contribution in [0.25, 0.3) is 0 Å². The highest BCUT2D eigenvalue weighted by atomic mass is 19.4. The number of benzene rings is 2. The molecule has 2 amide bonds. The number of carbonyl (C=O) groups excluding carboxylic acids is 1.